The van der Waals surface area contributed by atoms with Gasteiger partial charge in [0, 0.05) is 17.5 Å². The number of carboxylic acid groups (broad SMARTS) is 1. The molecule has 0 aromatic heterocycles. The molecule has 110 valence electrons. The number of aromatic hydroxyl groups is 1. The highest BCUT2D eigenvalue weighted by atomic mass is 32.2. The summed E-state index contributed by atoms with van der Waals surface area (Å²) in [5, 5.41) is 29.0. The molecule has 2 aromatic carbocycles. The van der Waals surface area contributed by atoms with Crippen LogP contribution in [0.25, 0.3) is 10.8 Å². The van der Waals surface area contributed by atoms with E-state index >= 15 is 0 Å². The van der Waals surface area contributed by atoms with E-state index in [1.807, 2.05) is 0 Å². The van der Waals surface area contributed by atoms with Crippen LogP contribution in [0.1, 0.15) is 10.4 Å². The summed E-state index contributed by atoms with van der Waals surface area (Å²) in [6.07, 6.45) is 0. The fourth-order valence-corrected chi connectivity index (χ4v) is 2.71. The topological polar surface area (TPSA) is 155 Å². The molecule has 0 radical (unpaired) electrons. The Bertz CT molecular complexity index is 887. The van der Waals surface area contributed by atoms with E-state index in [1.54, 1.807) is 0 Å². The van der Waals surface area contributed by atoms with Gasteiger partial charge in [0.05, 0.1) is 4.92 Å². The molecule has 0 fully saturated rings. The van der Waals surface area contributed by atoms with Crippen LogP contribution in [0.3, 0.4) is 0 Å². The first-order valence-electron chi connectivity index (χ1n) is 5.28. The summed E-state index contributed by atoms with van der Waals surface area (Å²) in [4.78, 5) is 19.9. The van der Waals surface area contributed by atoms with Crippen molar-refractivity contribution in [3.63, 3.8) is 0 Å². The van der Waals surface area contributed by atoms with Crippen LogP contribution in [0, 0.1) is 10.1 Å². The van der Waals surface area contributed by atoms with Gasteiger partial charge in [-0.2, -0.15) is 8.42 Å². The van der Waals surface area contributed by atoms with Gasteiger partial charge in [0.1, 0.15) is 10.5 Å². The van der Waals surface area contributed by atoms with Crippen LogP contribution in [0.5, 0.6) is 5.75 Å². The van der Waals surface area contributed by atoms with Crippen LogP contribution >= 0.6 is 0 Å². The van der Waals surface area contributed by atoms with Crippen molar-refractivity contribution in [2.45, 2.75) is 4.90 Å². The van der Waals surface area contributed by atoms with Crippen LogP contribution in [-0.2, 0) is 10.1 Å². The van der Waals surface area contributed by atoms with Crippen LogP contribution in [-0.4, -0.2) is 34.1 Å². The first-order valence-corrected chi connectivity index (χ1v) is 6.72. The Morgan fingerprint density at radius 1 is 1.24 bits per heavy atom. The Labute approximate surface area is 117 Å². The number of fused-ring (bicyclic) bond motifs is 1. The molecule has 0 aliphatic carbocycles. The molecule has 0 spiro atoms. The summed E-state index contributed by atoms with van der Waals surface area (Å²) >= 11 is 0. The van der Waals surface area contributed by atoms with E-state index in [4.69, 9.17) is 9.66 Å². The fourth-order valence-electron chi connectivity index (χ4n) is 1.89. The highest BCUT2D eigenvalue weighted by molar-refractivity contribution is 7.86. The number of carboxylic acids is 1. The van der Waals surface area contributed by atoms with E-state index in [9.17, 15) is 28.4 Å². The van der Waals surface area contributed by atoms with E-state index in [0.29, 0.717) is 0 Å². The normalized spacial score (nSPS) is 11.5. The largest absolute Gasteiger partial charge is 0.506 e. The van der Waals surface area contributed by atoms with Crippen LogP contribution < -0.4 is 0 Å². The molecular weight excluding hydrogens is 306 g/mol. The van der Waals surface area contributed by atoms with Gasteiger partial charge in [-0.05, 0) is 17.5 Å². The Morgan fingerprint density at radius 3 is 2.33 bits per heavy atom. The van der Waals surface area contributed by atoms with E-state index < -0.39 is 42.9 Å². The monoisotopic (exact) mass is 313 g/mol. The second-order valence-corrected chi connectivity index (χ2v) is 5.40. The van der Waals surface area contributed by atoms with Gasteiger partial charge in [-0.1, -0.05) is 0 Å². The Balaban J connectivity index is 3.02. The number of hydrogen-bond donors (Lipinski definition) is 3. The van der Waals surface area contributed by atoms with Gasteiger partial charge in [-0.3, -0.25) is 14.7 Å². The van der Waals surface area contributed by atoms with E-state index in [0.717, 1.165) is 24.3 Å². The molecule has 2 aromatic rings. The van der Waals surface area contributed by atoms with Crippen molar-refractivity contribution < 1.29 is 32.9 Å². The van der Waals surface area contributed by atoms with Crippen molar-refractivity contribution >= 4 is 32.5 Å². The molecule has 0 saturated carbocycles. The molecule has 0 amide bonds. The van der Waals surface area contributed by atoms with Gasteiger partial charge in [-0.15, -0.1) is 0 Å². The van der Waals surface area contributed by atoms with Crippen LogP contribution in [0.4, 0.5) is 5.69 Å². The Morgan fingerprint density at radius 2 is 1.86 bits per heavy atom. The summed E-state index contributed by atoms with van der Waals surface area (Å²) < 4.78 is 31.8. The third-order valence-electron chi connectivity index (χ3n) is 2.75. The second-order valence-electron chi connectivity index (χ2n) is 4.04. The average Bonchev–Trinajstić information content (AvgIpc) is 2.35. The number of aromatic carboxylic acids is 1. The number of hydrogen-bond acceptors (Lipinski definition) is 6. The Hall–Kier alpha value is -2.72. The zero-order chi connectivity index (χ0) is 15.9. The SMILES string of the molecule is O=C(O)c1cc2cc([N+](=O)[O-])ccc2c(S(=O)(=O)O)c1O. The van der Waals surface area contributed by atoms with Crippen molar-refractivity contribution in [3.05, 3.63) is 39.9 Å². The average molecular weight is 313 g/mol. The van der Waals surface area contributed by atoms with Crippen LogP contribution in [0.15, 0.2) is 29.2 Å². The second kappa shape index (κ2) is 4.68. The minimum absolute atomic E-state index is 0.118. The number of benzene rings is 2. The summed E-state index contributed by atoms with van der Waals surface area (Å²) in [7, 11) is -4.93. The van der Waals surface area contributed by atoms with Crippen molar-refractivity contribution in [1.82, 2.24) is 0 Å². The Kier molecular flexibility index (Phi) is 3.27. The number of non-ortho nitro benzene ring substituents is 1. The molecule has 0 atom stereocenters. The van der Waals surface area contributed by atoms with Gasteiger partial charge in [-0.25, -0.2) is 4.79 Å². The molecule has 0 bridgehead atoms. The third kappa shape index (κ3) is 2.49. The van der Waals surface area contributed by atoms with Gasteiger partial charge < -0.3 is 10.2 Å². The maximum atomic E-state index is 11.3. The molecule has 3 N–H and O–H groups in total. The number of nitro benzene ring substituents is 1. The molecule has 9 nitrogen and oxygen atoms in total. The first kappa shape index (κ1) is 14.7. The zero-order valence-corrected chi connectivity index (χ0v) is 10.9. The fraction of sp³-hybridized carbons (Fsp3) is 0. The minimum atomic E-state index is -4.93. The van der Waals surface area contributed by atoms with E-state index in [2.05, 4.69) is 0 Å². The van der Waals surface area contributed by atoms with Gasteiger partial charge in [0.15, 0.2) is 5.75 Å². The van der Waals surface area contributed by atoms with Gasteiger partial charge in [0.25, 0.3) is 15.8 Å². The molecule has 0 saturated heterocycles. The number of nitrogens with zero attached hydrogens (tertiary/aromatic N) is 1. The lowest BCUT2D eigenvalue weighted by Crippen LogP contribution is -2.05. The third-order valence-corrected chi connectivity index (χ3v) is 3.68. The number of phenols is 1. The smallest absolute Gasteiger partial charge is 0.339 e. The first-order chi connectivity index (χ1) is 9.62. The molecular formula is C11H7NO8S. The molecule has 0 aliphatic rings. The molecule has 0 heterocycles. The predicted molar refractivity (Wildman–Crippen MR) is 69.0 cm³/mol. The summed E-state index contributed by atoms with van der Waals surface area (Å²) in [6, 6.07) is 3.80. The molecule has 2 rings (SSSR count). The standard InChI is InChI=1S/C11H7NO8S/c13-9-8(11(14)15)4-5-3-6(12(16)17)1-2-7(5)10(9)21(18,19)20/h1-4,13H,(H,14,15)(H,18,19,20). The van der Waals surface area contributed by atoms with E-state index in [1.165, 1.54) is 0 Å². The van der Waals surface area contributed by atoms with Crippen molar-refractivity contribution in [1.29, 1.82) is 0 Å². The number of rotatable bonds is 3. The highest BCUT2D eigenvalue weighted by Gasteiger charge is 2.26. The van der Waals surface area contributed by atoms with Gasteiger partial charge >= 0.3 is 5.97 Å². The number of nitro groups is 1. The maximum Gasteiger partial charge on any atom is 0.339 e. The summed E-state index contributed by atoms with van der Waals surface area (Å²) in [5.74, 6) is -2.78. The highest BCUT2D eigenvalue weighted by Crippen LogP contribution is 2.36. The molecule has 10 heteroatoms. The van der Waals surface area contributed by atoms with Crippen molar-refractivity contribution in [2.24, 2.45) is 0 Å². The molecule has 0 unspecified atom stereocenters. The van der Waals surface area contributed by atoms with Gasteiger partial charge in [0.2, 0.25) is 0 Å². The van der Waals surface area contributed by atoms with E-state index in [-0.39, 0.29) is 10.8 Å². The van der Waals surface area contributed by atoms with Crippen LogP contribution in [0.2, 0.25) is 0 Å². The lowest BCUT2D eigenvalue weighted by atomic mass is 10.0. The summed E-state index contributed by atoms with van der Waals surface area (Å²) in [5.41, 5.74) is -1.19. The molecule has 0 aliphatic heterocycles. The quantitative estimate of drug-likeness (QED) is 0.436. The lowest BCUT2D eigenvalue weighted by Gasteiger charge is -2.09. The maximum absolute atomic E-state index is 11.3. The van der Waals surface area contributed by atoms with Crippen molar-refractivity contribution in [2.75, 3.05) is 0 Å². The summed E-state index contributed by atoms with van der Waals surface area (Å²) in [6.45, 7) is 0. The zero-order valence-electron chi connectivity index (χ0n) is 10.0. The predicted octanol–water partition coefficient (Wildman–Crippen LogP) is 1.40. The lowest BCUT2D eigenvalue weighted by molar-refractivity contribution is -0.384. The number of carbonyl (C=O) groups is 1. The minimum Gasteiger partial charge on any atom is -0.506 e. The van der Waals surface area contributed by atoms with Crippen molar-refractivity contribution in [3.8, 4) is 5.75 Å². The molecule has 21 heavy (non-hydrogen) atoms.